The summed E-state index contributed by atoms with van der Waals surface area (Å²) in [5, 5.41) is 47.6. The number of aliphatic hydroxyl groups excluding tert-OH is 1. The van der Waals surface area contributed by atoms with E-state index in [1.54, 1.807) is 51.3 Å². The van der Waals surface area contributed by atoms with Crippen molar-refractivity contribution in [3.05, 3.63) is 47.5 Å². The smallest absolute Gasteiger partial charge is 0.338 e. The maximum absolute atomic E-state index is 13.5. The van der Waals surface area contributed by atoms with Gasteiger partial charge in [-0.1, -0.05) is 36.8 Å². The first-order valence-electron chi connectivity index (χ1n) is 16.3. The average Bonchev–Trinajstić information content (AvgIpc) is 3.25. The molecule has 4 aliphatic carbocycles. The molecule has 12 unspecified atom stereocenters. The van der Waals surface area contributed by atoms with Crippen LogP contribution in [-0.4, -0.2) is 92.9 Å². The summed E-state index contributed by atoms with van der Waals surface area (Å²) in [7, 11) is 1.57. The van der Waals surface area contributed by atoms with E-state index in [1.165, 1.54) is 6.92 Å². The monoisotopic (exact) mass is 628 g/mol. The summed E-state index contributed by atoms with van der Waals surface area (Å²) >= 11 is 0. The van der Waals surface area contributed by atoms with Crippen LogP contribution in [0.3, 0.4) is 0 Å². The second kappa shape index (κ2) is 11.2. The fourth-order valence-corrected chi connectivity index (χ4v) is 9.79. The standard InChI is InChI=1S/C35H48O10/c1-20-29(37)25(42-5)18-28(43-20)44-24-12-13-31(3)23(17-24)11-14-34(40)26(31)19-27(45-30(38)22-9-7-6-8-10-22)32(4)33(39,21(2)36)15-16-35(32,34)41/h6-11,20,24-29,37,39-41H,12-19H2,1-5H3. The quantitative estimate of drug-likeness (QED) is 0.273. The highest BCUT2D eigenvalue weighted by Gasteiger charge is 2.81. The number of hydrogen-bond acceptors (Lipinski definition) is 10. The number of aliphatic hydroxyl groups is 4. The van der Waals surface area contributed by atoms with Crippen molar-refractivity contribution >= 4 is 11.8 Å². The lowest BCUT2D eigenvalue weighted by molar-refractivity contribution is -0.313. The molecule has 0 spiro atoms. The van der Waals surface area contributed by atoms with Crippen molar-refractivity contribution in [3.63, 3.8) is 0 Å². The maximum atomic E-state index is 13.5. The van der Waals surface area contributed by atoms with E-state index in [9.17, 15) is 30.0 Å². The van der Waals surface area contributed by atoms with Crippen molar-refractivity contribution in [2.45, 2.75) is 133 Å². The molecule has 4 fully saturated rings. The highest BCUT2D eigenvalue weighted by Crippen LogP contribution is 2.71. The molecule has 5 aliphatic rings. The zero-order valence-electron chi connectivity index (χ0n) is 26.9. The first kappa shape index (κ1) is 32.7. The zero-order chi connectivity index (χ0) is 32.6. The molecular formula is C35H48O10. The van der Waals surface area contributed by atoms with Crippen molar-refractivity contribution < 1.29 is 49.0 Å². The second-order valence-electron chi connectivity index (χ2n) is 14.6. The van der Waals surface area contributed by atoms with Gasteiger partial charge in [0.2, 0.25) is 0 Å². The minimum atomic E-state index is -1.99. The molecule has 10 heteroatoms. The maximum Gasteiger partial charge on any atom is 0.338 e. The van der Waals surface area contributed by atoms with Crippen LogP contribution in [0.1, 0.15) is 89.4 Å². The lowest BCUT2D eigenvalue weighted by Crippen LogP contribution is -2.78. The second-order valence-corrected chi connectivity index (χ2v) is 14.6. The molecule has 1 aromatic carbocycles. The van der Waals surface area contributed by atoms with Crippen molar-refractivity contribution in [3.8, 4) is 0 Å². The first-order chi connectivity index (χ1) is 21.1. The third-order valence-electron chi connectivity index (χ3n) is 12.7. The van der Waals surface area contributed by atoms with E-state index in [0.717, 1.165) is 5.57 Å². The van der Waals surface area contributed by atoms with Crippen LogP contribution in [0.25, 0.3) is 0 Å². The first-order valence-corrected chi connectivity index (χ1v) is 16.3. The van der Waals surface area contributed by atoms with Crippen molar-refractivity contribution in [1.29, 1.82) is 0 Å². The number of esters is 1. The van der Waals surface area contributed by atoms with Gasteiger partial charge in [-0.3, -0.25) is 4.79 Å². The molecule has 0 bridgehead atoms. The Morgan fingerprint density at radius 3 is 2.40 bits per heavy atom. The zero-order valence-corrected chi connectivity index (χ0v) is 26.9. The molecular weight excluding hydrogens is 580 g/mol. The molecule has 1 saturated heterocycles. The lowest BCUT2D eigenvalue weighted by Gasteiger charge is -2.67. The molecule has 4 N–H and O–H groups in total. The molecule has 248 valence electrons. The summed E-state index contributed by atoms with van der Waals surface area (Å²) in [5.74, 6) is -1.66. The predicted molar refractivity (Wildman–Crippen MR) is 162 cm³/mol. The number of benzene rings is 1. The molecule has 0 amide bonds. The SMILES string of the molecule is COC1CC(OC2CCC3(C)C(=CCC4(O)C3CC(OC(=O)c3ccccc3)C3(C)C(O)(C(C)=O)CCC43O)C2)OC(C)C1O. The van der Waals surface area contributed by atoms with Gasteiger partial charge in [0.1, 0.15) is 29.0 Å². The number of rotatable bonds is 6. The number of hydrogen-bond donors (Lipinski definition) is 4. The van der Waals surface area contributed by atoms with E-state index in [4.69, 9.17) is 18.9 Å². The number of methoxy groups -OCH3 is 1. The van der Waals surface area contributed by atoms with Crippen LogP contribution in [0.4, 0.5) is 0 Å². The van der Waals surface area contributed by atoms with E-state index in [-0.39, 0.29) is 37.9 Å². The Morgan fingerprint density at radius 2 is 1.73 bits per heavy atom. The molecule has 0 aromatic heterocycles. The van der Waals surface area contributed by atoms with Crippen LogP contribution in [0.2, 0.25) is 0 Å². The Morgan fingerprint density at radius 1 is 1.02 bits per heavy atom. The van der Waals surface area contributed by atoms with E-state index in [1.807, 2.05) is 6.08 Å². The molecule has 1 heterocycles. The van der Waals surface area contributed by atoms with Gasteiger partial charge in [-0.05, 0) is 83.3 Å². The predicted octanol–water partition coefficient (Wildman–Crippen LogP) is 3.23. The van der Waals surface area contributed by atoms with Crippen LogP contribution < -0.4 is 0 Å². The fraction of sp³-hybridized carbons (Fsp3) is 0.714. The van der Waals surface area contributed by atoms with Gasteiger partial charge in [-0.2, -0.15) is 0 Å². The van der Waals surface area contributed by atoms with Crippen LogP contribution in [0.5, 0.6) is 0 Å². The van der Waals surface area contributed by atoms with Gasteiger partial charge in [0.15, 0.2) is 12.1 Å². The highest BCUT2D eigenvalue weighted by atomic mass is 16.7. The van der Waals surface area contributed by atoms with Crippen molar-refractivity contribution in [2.24, 2.45) is 16.7 Å². The summed E-state index contributed by atoms with van der Waals surface area (Å²) in [6, 6.07) is 8.52. The topological polar surface area (TPSA) is 152 Å². The Balaban J connectivity index is 1.32. The number of ketones is 1. The molecule has 1 aliphatic heterocycles. The highest BCUT2D eigenvalue weighted by molar-refractivity contribution is 5.90. The summed E-state index contributed by atoms with van der Waals surface area (Å²) in [6.07, 6.45) is 1.27. The van der Waals surface area contributed by atoms with Gasteiger partial charge in [0.05, 0.1) is 29.3 Å². The summed E-state index contributed by atoms with van der Waals surface area (Å²) in [5.41, 5.74) is -6.37. The Labute approximate surface area is 264 Å². The third kappa shape index (κ3) is 4.62. The molecule has 1 aromatic rings. The number of carbonyl (C=O) groups is 2. The third-order valence-corrected chi connectivity index (χ3v) is 12.7. The fourth-order valence-electron chi connectivity index (χ4n) is 9.79. The van der Waals surface area contributed by atoms with Gasteiger partial charge in [-0.15, -0.1) is 0 Å². The molecule has 0 radical (unpaired) electrons. The normalized spacial score (nSPS) is 47.6. The van der Waals surface area contributed by atoms with E-state index < -0.39 is 69.9 Å². The van der Waals surface area contributed by atoms with Crippen LogP contribution in [0, 0.1) is 16.7 Å². The summed E-state index contributed by atoms with van der Waals surface area (Å²) in [4.78, 5) is 26.5. The largest absolute Gasteiger partial charge is 0.458 e. The number of carbonyl (C=O) groups excluding carboxylic acids is 2. The van der Waals surface area contributed by atoms with Crippen LogP contribution >= 0.6 is 0 Å². The Bertz CT molecular complexity index is 1350. The van der Waals surface area contributed by atoms with Crippen molar-refractivity contribution in [1.82, 2.24) is 0 Å². The molecule has 12 atom stereocenters. The van der Waals surface area contributed by atoms with Gasteiger partial charge >= 0.3 is 5.97 Å². The van der Waals surface area contributed by atoms with Crippen LogP contribution in [-0.2, 0) is 23.7 Å². The lowest BCUT2D eigenvalue weighted by atomic mass is 9.42. The minimum absolute atomic E-state index is 0.0132. The van der Waals surface area contributed by atoms with E-state index in [2.05, 4.69) is 6.92 Å². The van der Waals surface area contributed by atoms with Gasteiger partial charge in [0, 0.05) is 19.4 Å². The number of fused-ring (bicyclic) bond motifs is 5. The Kier molecular flexibility index (Phi) is 8.16. The van der Waals surface area contributed by atoms with Crippen molar-refractivity contribution in [2.75, 3.05) is 7.11 Å². The molecule has 45 heavy (non-hydrogen) atoms. The summed E-state index contributed by atoms with van der Waals surface area (Å²) in [6.45, 7) is 6.78. The molecule has 6 rings (SSSR count). The molecule has 10 nitrogen and oxygen atoms in total. The molecule has 3 saturated carbocycles. The van der Waals surface area contributed by atoms with E-state index in [0.29, 0.717) is 31.2 Å². The van der Waals surface area contributed by atoms with Gasteiger partial charge in [-0.25, -0.2) is 4.79 Å². The minimum Gasteiger partial charge on any atom is -0.458 e. The van der Waals surface area contributed by atoms with Gasteiger partial charge in [0.25, 0.3) is 0 Å². The number of Topliss-reactive ketones (excluding diaryl/α,β-unsaturated/α-hetero) is 1. The van der Waals surface area contributed by atoms with E-state index >= 15 is 0 Å². The van der Waals surface area contributed by atoms with Gasteiger partial charge < -0.3 is 39.4 Å². The average molecular weight is 629 g/mol. The van der Waals surface area contributed by atoms with Crippen LogP contribution in [0.15, 0.2) is 42.0 Å². The summed E-state index contributed by atoms with van der Waals surface area (Å²) < 4.78 is 24.0. The Hall–Kier alpha value is -2.18. The number of ether oxygens (including phenoxy) is 4.